The summed E-state index contributed by atoms with van der Waals surface area (Å²) in [5.41, 5.74) is 0.963. The molecule has 1 aliphatic heterocycles. The van der Waals surface area contributed by atoms with Crippen molar-refractivity contribution in [3.05, 3.63) is 22.7 Å². The van der Waals surface area contributed by atoms with Crippen LogP contribution in [0.1, 0.15) is 18.7 Å². The van der Waals surface area contributed by atoms with Gasteiger partial charge >= 0.3 is 0 Å². The van der Waals surface area contributed by atoms with Crippen LogP contribution in [0, 0.1) is 0 Å². The number of aliphatic hydroxyl groups is 1. The number of nitrogens with zero attached hydrogens (tertiary/aromatic N) is 3. The Labute approximate surface area is 127 Å². The molecule has 6 nitrogen and oxygen atoms in total. The van der Waals surface area contributed by atoms with Crippen molar-refractivity contribution in [2.24, 2.45) is 0 Å². The molecule has 2 aromatic rings. The molecule has 1 fully saturated rings. The third-order valence-electron chi connectivity index (χ3n) is 3.66. The smallest absolute Gasteiger partial charge is 0.258 e. The minimum Gasteiger partial charge on any atom is -0.395 e. The van der Waals surface area contributed by atoms with Gasteiger partial charge < -0.3 is 14.9 Å². The Bertz CT molecular complexity index is 537. The highest BCUT2D eigenvalue weighted by Gasteiger charge is 2.19. The fourth-order valence-electron chi connectivity index (χ4n) is 2.62. The van der Waals surface area contributed by atoms with Crippen molar-refractivity contribution in [2.75, 3.05) is 26.2 Å². The van der Waals surface area contributed by atoms with Crippen molar-refractivity contribution in [1.82, 2.24) is 20.4 Å². The third-order valence-corrected chi connectivity index (χ3v) is 4.34. The number of hydrogen-bond acceptors (Lipinski definition) is 7. The van der Waals surface area contributed by atoms with Crippen molar-refractivity contribution in [1.29, 1.82) is 0 Å². The van der Waals surface area contributed by atoms with Gasteiger partial charge in [0, 0.05) is 24.5 Å². The molecule has 0 amide bonds. The Kier molecular flexibility index (Phi) is 4.97. The average molecular weight is 308 g/mol. The van der Waals surface area contributed by atoms with E-state index < -0.39 is 0 Å². The summed E-state index contributed by atoms with van der Waals surface area (Å²) < 4.78 is 5.30. The molecule has 0 spiro atoms. The van der Waals surface area contributed by atoms with Crippen LogP contribution >= 0.6 is 11.3 Å². The molecule has 1 atom stereocenters. The van der Waals surface area contributed by atoms with Crippen LogP contribution in [0.2, 0.25) is 0 Å². The molecular weight excluding hydrogens is 288 g/mol. The van der Waals surface area contributed by atoms with Crippen LogP contribution < -0.4 is 5.32 Å². The Hall–Kier alpha value is -1.28. The van der Waals surface area contributed by atoms with Gasteiger partial charge in [0.1, 0.15) is 0 Å². The first kappa shape index (κ1) is 14.6. The van der Waals surface area contributed by atoms with E-state index in [1.807, 2.05) is 16.8 Å². The van der Waals surface area contributed by atoms with Crippen molar-refractivity contribution in [2.45, 2.75) is 25.4 Å². The van der Waals surface area contributed by atoms with Crippen molar-refractivity contribution in [3.8, 4) is 11.5 Å². The fourth-order valence-corrected chi connectivity index (χ4v) is 3.25. The zero-order valence-corrected chi connectivity index (χ0v) is 12.7. The Morgan fingerprint density at radius 1 is 1.52 bits per heavy atom. The maximum atomic E-state index is 9.22. The number of thiophene rings is 1. The minimum atomic E-state index is 0.141. The monoisotopic (exact) mass is 308 g/mol. The van der Waals surface area contributed by atoms with Crippen molar-refractivity contribution >= 4 is 11.3 Å². The van der Waals surface area contributed by atoms with Crippen LogP contribution in [0.4, 0.5) is 0 Å². The van der Waals surface area contributed by atoms with E-state index in [0.29, 0.717) is 30.8 Å². The lowest BCUT2D eigenvalue weighted by atomic mass is 10.2. The predicted molar refractivity (Wildman–Crippen MR) is 81.0 cm³/mol. The van der Waals surface area contributed by atoms with E-state index in [1.165, 1.54) is 12.8 Å². The van der Waals surface area contributed by atoms with Gasteiger partial charge in [-0.25, -0.2) is 0 Å². The molecule has 0 saturated carbocycles. The summed E-state index contributed by atoms with van der Waals surface area (Å²) in [4.78, 5) is 6.61. The second-order valence-corrected chi connectivity index (χ2v) is 6.06. The number of hydrogen-bond donors (Lipinski definition) is 2. The van der Waals surface area contributed by atoms with Gasteiger partial charge in [0.05, 0.1) is 18.7 Å². The summed E-state index contributed by atoms with van der Waals surface area (Å²) in [6.45, 7) is 3.36. The zero-order valence-electron chi connectivity index (χ0n) is 11.9. The summed E-state index contributed by atoms with van der Waals surface area (Å²) >= 11 is 1.61. The molecule has 0 aliphatic carbocycles. The number of nitrogens with one attached hydrogen (secondary N) is 1. The SMILES string of the molecule is OCCN(Cc1noc(-c2ccsc2)n1)CC1CCCN1. The number of aliphatic hydroxyl groups excluding tert-OH is 1. The normalized spacial score (nSPS) is 18.7. The maximum absolute atomic E-state index is 9.22. The third kappa shape index (κ3) is 3.88. The molecule has 0 radical (unpaired) electrons. The van der Waals surface area contributed by atoms with Gasteiger partial charge in [-0.2, -0.15) is 16.3 Å². The van der Waals surface area contributed by atoms with E-state index in [4.69, 9.17) is 4.52 Å². The standard InChI is InChI=1S/C14H20N4O2S/c19-6-5-18(8-12-2-1-4-15-12)9-13-16-14(20-17-13)11-3-7-21-10-11/h3,7,10,12,15,19H,1-2,4-6,8-9H2. The Morgan fingerprint density at radius 3 is 3.19 bits per heavy atom. The molecule has 3 rings (SSSR count). The molecule has 114 valence electrons. The summed E-state index contributed by atoms with van der Waals surface area (Å²) in [5.74, 6) is 1.23. The minimum absolute atomic E-state index is 0.141. The molecule has 2 aromatic heterocycles. The highest BCUT2D eigenvalue weighted by molar-refractivity contribution is 7.08. The van der Waals surface area contributed by atoms with E-state index >= 15 is 0 Å². The quantitative estimate of drug-likeness (QED) is 0.804. The molecule has 3 heterocycles. The van der Waals surface area contributed by atoms with Crippen LogP contribution in [-0.4, -0.2) is 52.4 Å². The van der Waals surface area contributed by atoms with Gasteiger partial charge in [0.25, 0.3) is 5.89 Å². The predicted octanol–water partition coefficient (Wildman–Crippen LogP) is 1.34. The van der Waals surface area contributed by atoms with Gasteiger partial charge in [-0.05, 0) is 30.8 Å². The van der Waals surface area contributed by atoms with Gasteiger partial charge in [0.2, 0.25) is 0 Å². The van der Waals surface area contributed by atoms with E-state index in [9.17, 15) is 5.11 Å². The van der Waals surface area contributed by atoms with E-state index in [0.717, 1.165) is 18.7 Å². The molecular formula is C14H20N4O2S. The van der Waals surface area contributed by atoms with Gasteiger partial charge in [-0.3, -0.25) is 4.90 Å². The highest BCUT2D eigenvalue weighted by Crippen LogP contribution is 2.20. The second-order valence-electron chi connectivity index (χ2n) is 5.28. The van der Waals surface area contributed by atoms with E-state index in [-0.39, 0.29) is 6.61 Å². The lowest BCUT2D eigenvalue weighted by molar-refractivity contribution is 0.174. The fraction of sp³-hybridized carbons (Fsp3) is 0.571. The van der Waals surface area contributed by atoms with Crippen LogP contribution in [0.3, 0.4) is 0 Å². The first-order valence-corrected chi connectivity index (χ1v) is 8.21. The number of rotatable bonds is 7. The van der Waals surface area contributed by atoms with Crippen LogP contribution in [-0.2, 0) is 6.54 Å². The van der Waals surface area contributed by atoms with Gasteiger partial charge in [0.15, 0.2) is 5.82 Å². The average Bonchev–Trinajstić information content (AvgIpc) is 3.21. The van der Waals surface area contributed by atoms with E-state index in [2.05, 4.69) is 20.4 Å². The molecule has 21 heavy (non-hydrogen) atoms. The Morgan fingerprint density at radius 2 is 2.48 bits per heavy atom. The Balaban J connectivity index is 1.62. The van der Waals surface area contributed by atoms with E-state index in [1.54, 1.807) is 11.3 Å². The van der Waals surface area contributed by atoms with Crippen molar-refractivity contribution < 1.29 is 9.63 Å². The van der Waals surface area contributed by atoms with Crippen LogP contribution in [0.25, 0.3) is 11.5 Å². The van der Waals surface area contributed by atoms with Crippen LogP contribution in [0.5, 0.6) is 0 Å². The van der Waals surface area contributed by atoms with Crippen molar-refractivity contribution in [3.63, 3.8) is 0 Å². The molecule has 1 aliphatic rings. The summed E-state index contributed by atoms with van der Waals surface area (Å²) in [7, 11) is 0. The zero-order chi connectivity index (χ0) is 14.5. The first-order chi connectivity index (χ1) is 10.3. The van der Waals surface area contributed by atoms with Gasteiger partial charge in [-0.1, -0.05) is 5.16 Å². The molecule has 1 unspecified atom stereocenters. The lowest BCUT2D eigenvalue weighted by Gasteiger charge is -2.23. The largest absolute Gasteiger partial charge is 0.395 e. The summed E-state index contributed by atoms with van der Waals surface area (Å²) in [6.07, 6.45) is 2.41. The molecule has 0 bridgehead atoms. The first-order valence-electron chi connectivity index (χ1n) is 7.27. The van der Waals surface area contributed by atoms with Crippen LogP contribution in [0.15, 0.2) is 21.3 Å². The lowest BCUT2D eigenvalue weighted by Crippen LogP contribution is -2.38. The summed E-state index contributed by atoms with van der Waals surface area (Å²) in [6, 6.07) is 2.47. The maximum Gasteiger partial charge on any atom is 0.258 e. The second kappa shape index (κ2) is 7.13. The highest BCUT2D eigenvalue weighted by atomic mass is 32.1. The molecule has 2 N–H and O–H groups in total. The van der Waals surface area contributed by atoms with Gasteiger partial charge in [-0.15, -0.1) is 0 Å². The molecule has 7 heteroatoms. The molecule has 0 aromatic carbocycles. The topological polar surface area (TPSA) is 74.4 Å². The summed E-state index contributed by atoms with van der Waals surface area (Å²) in [5, 5.41) is 20.7. The number of aromatic nitrogens is 2. The molecule has 1 saturated heterocycles.